The summed E-state index contributed by atoms with van der Waals surface area (Å²) in [5.41, 5.74) is 5.29. The maximum Gasteiger partial charge on any atom is 0.229 e. The highest BCUT2D eigenvalue weighted by atomic mass is 32.1. The van der Waals surface area contributed by atoms with Gasteiger partial charge in [-0.25, -0.2) is 4.98 Å². The molecule has 0 aliphatic rings. The molecule has 108 valence electrons. The van der Waals surface area contributed by atoms with E-state index in [1.54, 1.807) is 6.20 Å². The van der Waals surface area contributed by atoms with Gasteiger partial charge in [0.25, 0.3) is 0 Å². The van der Waals surface area contributed by atoms with Crippen molar-refractivity contribution in [2.45, 2.75) is 6.42 Å². The first-order valence-electron chi connectivity index (χ1n) is 6.40. The van der Waals surface area contributed by atoms with Crippen molar-refractivity contribution in [3.63, 3.8) is 0 Å². The highest BCUT2D eigenvalue weighted by molar-refractivity contribution is 7.16. The molecule has 0 bridgehead atoms. The first-order chi connectivity index (χ1) is 10.3. The Morgan fingerprint density at radius 3 is 2.95 bits per heavy atom. The highest BCUT2D eigenvalue weighted by Crippen LogP contribution is 2.17. The van der Waals surface area contributed by atoms with Crippen LogP contribution >= 0.6 is 11.3 Å². The average molecular weight is 301 g/mol. The Kier molecular flexibility index (Phi) is 5.76. The largest absolute Gasteiger partial charge is 0.493 e. The normalized spacial score (nSPS) is 9.57. The molecule has 0 saturated heterocycles. The van der Waals surface area contributed by atoms with Gasteiger partial charge < -0.3 is 15.8 Å². The van der Waals surface area contributed by atoms with Gasteiger partial charge in [-0.15, -0.1) is 0 Å². The van der Waals surface area contributed by atoms with Gasteiger partial charge in [-0.2, -0.15) is 0 Å². The van der Waals surface area contributed by atoms with Crippen LogP contribution in [0.4, 0.5) is 5.13 Å². The summed E-state index contributed by atoms with van der Waals surface area (Å²) >= 11 is 1.32. The van der Waals surface area contributed by atoms with Crippen LogP contribution in [-0.4, -0.2) is 24.0 Å². The number of ether oxygens (including phenoxy) is 1. The van der Waals surface area contributed by atoms with Crippen LogP contribution in [0.2, 0.25) is 0 Å². The Hall–Kier alpha value is -2.36. The lowest BCUT2D eigenvalue weighted by Crippen LogP contribution is -2.14. The SMILES string of the molecule is NCC#Cc1cnc(NC(=O)CCOc2ccccc2)s1. The minimum Gasteiger partial charge on any atom is -0.493 e. The fraction of sp³-hybridized carbons (Fsp3) is 0.200. The van der Waals surface area contributed by atoms with E-state index in [9.17, 15) is 4.79 Å². The summed E-state index contributed by atoms with van der Waals surface area (Å²) in [7, 11) is 0. The number of nitrogens with zero attached hydrogens (tertiary/aromatic N) is 1. The Balaban J connectivity index is 1.75. The number of thiazole rings is 1. The van der Waals surface area contributed by atoms with E-state index in [1.807, 2.05) is 30.3 Å². The van der Waals surface area contributed by atoms with Crippen LogP contribution in [0.15, 0.2) is 36.5 Å². The Labute approximate surface area is 127 Å². The first kappa shape index (κ1) is 15.0. The quantitative estimate of drug-likeness (QED) is 0.826. The van der Waals surface area contributed by atoms with Gasteiger partial charge in [-0.3, -0.25) is 4.79 Å². The summed E-state index contributed by atoms with van der Waals surface area (Å²) in [6.45, 7) is 0.622. The number of hydrogen-bond acceptors (Lipinski definition) is 5. The zero-order chi connectivity index (χ0) is 14.9. The predicted octanol–water partition coefficient (Wildman–Crippen LogP) is 1.86. The molecule has 0 fully saturated rings. The van der Waals surface area contributed by atoms with Crippen molar-refractivity contribution in [2.24, 2.45) is 5.73 Å². The number of para-hydroxylation sites is 1. The number of carbonyl (C=O) groups is 1. The third kappa shape index (κ3) is 5.26. The number of benzene rings is 1. The summed E-state index contributed by atoms with van der Waals surface area (Å²) in [5.74, 6) is 6.22. The summed E-state index contributed by atoms with van der Waals surface area (Å²) in [6, 6.07) is 9.37. The van der Waals surface area contributed by atoms with Crippen molar-refractivity contribution in [2.75, 3.05) is 18.5 Å². The molecule has 1 aromatic heterocycles. The van der Waals surface area contributed by atoms with Gasteiger partial charge in [0.15, 0.2) is 5.13 Å². The molecule has 0 unspecified atom stereocenters. The average Bonchev–Trinajstić information content (AvgIpc) is 2.93. The lowest BCUT2D eigenvalue weighted by atomic mass is 10.3. The zero-order valence-corrected chi connectivity index (χ0v) is 12.2. The van der Waals surface area contributed by atoms with Crippen molar-refractivity contribution >= 4 is 22.4 Å². The van der Waals surface area contributed by atoms with E-state index >= 15 is 0 Å². The van der Waals surface area contributed by atoms with Crippen LogP contribution in [0.25, 0.3) is 0 Å². The molecule has 21 heavy (non-hydrogen) atoms. The maximum atomic E-state index is 11.7. The van der Waals surface area contributed by atoms with E-state index in [2.05, 4.69) is 22.1 Å². The van der Waals surface area contributed by atoms with Crippen molar-refractivity contribution in [1.29, 1.82) is 0 Å². The lowest BCUT2D eigenvalue weighted by molar-refractivity contribution is -0.116. The topological polar surface area (TPSA) is 77.2 Å². The molecule has 0 radical (unpaired) electrons. The van der Waals surface area contributed by atoms with Gasteiger partial charge in [0.05, 0.1) is 30.6 Å². The number of carbonyl (C=O) groups excluding carboxylic acids is 1. The number of hydrogen-bond donors (Lipinski definition) is 2. The molecule has 2 aromatic rings. The summed E-state index contributed by atoms with van der Waals surface area (Å²) in [4.78, 5) is 16.6. The van der Waals surface area contributed by atoms with Crippen LogP contribution in [0.1, 0.15) is 11.3 Å². The lowest BCUT2D eigenvalue weighted by Gasteiger charge is -2.05. The second-order valence-corrected chi connectivity index (χ2v) is 5.03. The van der Waals surface area contributed by atoms with E-state index in [0.29, 0.717) is 18.3 Å². The van der Waals surface area contributed by atoms with Gasteiger partial charge in [-0.05, 0) is 12.1 Å². The third-order valence-electron chi connectivity index (χ3n) is 2.41. The summed E-state index contributed by atoms with van der Waals surface area (Å²) in [6.07, 6.45) is 1.88. The number of aromatic nitrogens is 1. The Morgan fingerprint density at radius 2 is 2.19 bits per heavy atom. The number of nitrogens with one attached hydrogen (secondary N) is 1. The highest BCUT2D eigenvalue weighted by Gasteiger charge is 2.06. The molecule has 0 aliphatic heterocycles. The minimum absolute atomic E-state index is 0.140. The van der Waals surface area contributed by atoms with E-state index in [0.717, 1.165) is 10.6 Å². The van der Waals surface area contributed by atoms with Crippen LogP contribution in [0, 0.1) is 11.8 Å². The summed E-state index contributed by atoms with van der Waals surface area (Å²) in [5, 5.41) is 3.24. The molecule has 0 aliphatic carbocycles. The van der Waals surface area contributed by atoms with Crippen LogP contribution in [0.5, 0.6) is 5.75 Å². The predicted molar refractivity (Wildman–Crippen MR) is 83.2 cm³/mol. The molecule has 0 spiro atoms. The first-order valence-corrected chi connectivity index (χ1v) is 7.22. The Morgan fingerprint density at radius 1 is 1.38 bits per heavy atom. The minimum atomic E-state index is -0.140. The van der Waals surface area contributed by atoms with E-state index in [1.165, 1.54) is 11.3 Å². The molecular weight excluding hydrogens is 286 g/mol. The molecule has 1 heterocycles. The van der Waals surface area contributed by atoms with E-state index in [-0.39, 0.29) is 12.3 Å². The fourth-order valence-corrected chi connectivity index (χ4v) is 2.20. The van der Waals surface area contributed by atoms with Gasteiger partial charge >= 0.3 is 0 Å². The monoisotopic (exact) mass is 301 g/mol. The molecule has 6 heteroatoms. The second-order valence-electron chi connectivity index (χ2n) is 4.00. The number of amides is 1. The number of rotatable bonds is 5. The van der Waals surface area contributed by atoms with Gasteiger partial charge in [0.1, 0.15) is 5.75 Å². The second kappa shape index (κ2) is 8.04. The maximum absolute atomic E-state index is 11.7. The smallest absolute Gasteiger partial charge is 0.229 e. The zero-order valence-electron chi connectivity index (χ0n) is 11.3. The van der Waals surface area contributed by atoms with Crippen molar-refractivity contribution in [3.05, 3.63) is 41.4 Å². The molecule has 1 amide bonds. The third-order valence-corrected chi connectivity index (χ3v) is 3.23. The molecule has 2 rings (SSSR count). The molecule has 0 atom stereocenters. The number of anilines is 1. The van der Waals surface area contributed by atoms with Gasteiger partial charge in [-0.1, -0.05) is 41.4 Å². The molecule has 5 nitrogen and oxygen atoms in total. The molecule has 3 N–H and O–H groups in total. The van der Waals surface area contributed by atoms with Crippen LogP contribution in [-0.2, 0) is 4.79 Å². The van der Waals surface area contributed by atoms with E-state index < -0.39 is 0 Å². The van der Waals surface area contributed by atoms with Crippen molar-refractivity contribution in [1.82, 2.24) is 4.98 Å². The van der Waals surface area contributed by atoms with Gasteiger partial charge in [0, 0.05) is 0 Å². The van der Waals surface area contributed by atoms with Crippen LogP contribution in [0.3, 0.4) is 0 Å². The van der Waals surface area contributed by atoms with Crippen LogP contribution < -0.4 is 15.8 Å². The van der Waals surface area contributed by atoms with Gasteiger partial charge in [0.2, 0.25) is 5.91 Å². The number of nitrogens with two attached hydrogens (primary N) is 1. The summed E-state index contributed by atoms with van der Waals surface area (Å²) < 4.78 is 5.46. The van der Waals surface area contributed by atoms with Crippen molar-refractivity contribution < 1.29 is 9.53 Å². The molecular formula is C15H15N3O2S. The van der Waals surface area contributed by atoms with Crippen molar-refractivity contribution in [3.8, 4) is 17.6 Å². The molecule has 1 aromatic carbocycles. The molecule has 0 saturated carbocycles. The Bertz CT molecular complexity index is 644. The van der Waals surface area contributed by atoms with E-state index in [4.69, 9.17) is 10.5 Å². The standard InChI is InChI=1S/C15H15N3O2S/c16-9-4-7-13-11-17-15(21-13)18-14(19)8-10-20-12-5-2-1-3-6-12/h1-3,5-6,11H,8-10,16H2,(H,17,18,19). The fourth-order valence-electron chi connectivity index (χ4n) is 1.49.